The van der Waals surface area contributed by atoms with Crippen molar-refractivity contribution in [3.8, 4) is 22.5 Å². The Hall–Kier alpha value is -5.86. The number of benzene rings is 2. The number of halogens is 2. The van der Waals surface area contributed by atoms with Gasteiger partial charge >= 0.3 is 0 Å². The van der Waals surface area contributed by atoms with Gasteiger partial charge in [0, 0.05) is 33.7 Å². The Kier molecular flexibility index (Phi) is 9.59. The van der Waals surface area contributed by atoms with E-state index in [1.165, 1.54) is 12.1 Å². The van der Waals surface area contributed by atoms with Crippen molar-refractivity contribution < 1.29 is 8.78 Å². The van der Waals surface area contributed by atoms with Crippen molar-refractivity contribution in [1.29, 1.82) is 0 Å². The molecule has 6 aromatic heterocycles. The highest BCUT2D eigenvalue weighted by Crippen LogP contribution is 2.32. The molecule has 14 heteroatoms. The zero-order valence-electron chi connectivity index (χ0n) is 31.6. The monoisotopic (exact) mass is 752 g/mol. The van der Waals surface area contributed by atoms with Crippen molar-refractivity contribution in [2.45, 2.75) is 58.3 Å². The number of fused-ring (bicyclic) bond motifs is 4. The minimum absolute atomic E-state index is 0.289. The zero-order valence-corrected chi connectivity index (χ0v) is 31.6. The molecule has 1 N–H and O–H groups in total. The van der Waals surface area contributed by atoms with E-state index in [2.05, 4.69) is 57.7 Å². The highest BCUT2D eigenvalue weighted by molar-refractivity contribution is 5.85. The van der Waals surface area contributed by atoms with Gasteiger partial charge in [0.2, 0.25) is 0 Å². The van der Waals surface area contributed by atoms with Crippen molar-refractivity contribution >= 4 is 33.1 Å². The minimum atomic E-state index is -0.295. The molecule has 2 fully saturated rings. The van der Waals surface area contributed by atoms with E-state index in [0.29, 0.717) is 56.2 Å². The second kappa shape index (κ2) is 15.0. The number of imidazole rings is 2. The Balaban J connectivity index is 0.000000147. The maximum atomic E-state index is 15.0. The number of hydrogen-bond donors (Lipinski definition) is 1. The average Bonchev–Trinajstić information content (AvgIpc) is 3.80. The second-order valence-corrected chi connectivity index (χ2v) is 14.9. The third kappa shape index (κ3) is 7.17. The molecule has 8 heterocycles. The van der Waals surface area contributed by atoms with Gasteiger partial charge in [-0.3, -0.25) is 0 Å². The molecule has 0 saturated carbocycles. The van der Waals surface area contributed by atoms with Gasteiger partial charge in [0.1, 0.15) is 11.6 Å². The molecule has 10 rings (SSSR count). The number of nitrogens with zero attached hydrogens (tertiary/aromatic N) is 11. The number of aryl methyl sites for hydroxylation is 2. The van der Waals surface area contributed by atoms with Crippen molar-refractivity contribution in [2.24, 2.45) is 0 Å². The van der Waals surface area contributed by atoms with Crippen LogP contribution in [0.1, 0.15) is 67.2 Å². The van der Waals surface area contributed by atoms with Gasteiger partial charge in [-0.15, -0.1) is 0 Å². The molecule has 2 saturated heterocycles. The summed E-state index contributed by atoms with van der Waals surface area (Å²) < 4.78 is 33.3. The predicted molar refractivity (Wildman–Crippen MR) is 211 cm³/mol. The smallest absolute Gasteiger partial charge is 0.153 e. The first-order valence-corrected chi connectivity index (χ1v) is 19.3. The normalized spacial score (nSPS) is 15.9. The summed E-state index contributed by atoms with van der Waals surface area (Å²) in [5, 5.41) is 31.0. The average molecular weight is 753 g/mol. The maximum absolute atomic E-state index is 15.0. The highest BCUT2D eigenvalue weighted by atomic mass is 19.1. The van der Waals surface area contributed by atoms with Crippen molar-refractivity contribution in [2.75, 3.05) is 32.7 Å². The van der Waals surface area contributed by atoms with Crippen molar-refractivity contribution in [3.63, 3.8) is 0 Å². The fraction of sp³-hybridized carbons (Fsp3) is 0.333. The Morgan fingerprint density at radius 2 is 1.11 bits per heavy atom. The minimum Gasteiger partial charge on any atom is -0.317 e. The van der Waals surface area contributed by atoms with E-state index in [-0.39, 0.29) is 11.6 Å². The summed E-state index contributed by atoms with van der Waals surface area (Å²) in [6, 6.07) is 17.9. The molecular formula is C42H42F2N12. The van der Waals surface area contributed by atoms with Gasteiger partial charge < -0.3 is 10.2 Å². The number of nitrogens with one attached hydrogen (secondary N) is 1. The number of likely N-dealkylation sites (tertiary alicyclic amines) is 1. The number of aromatic nitrogens is 10. The van der Waals surface area contributed by atoms with Gasteiger partial charge in [-0.1, -0.05) is 6.92 Å². The summed E-state index contributed by atoms with van der Waals surface area (Å²) in [4.78, 5) is 11.2. The van der Waals surface area contributed by atoms with E-state index in [9.17, 15) is 8.78 Å². The Bertz CT molecular complexity index is 2710. The van der Waals surface area contributed by atoms with E-state index < -0.39 is 0 Å². The van der Waals surface area contributed by atoms with Crippen LogP contribution in [0, 0.1) is 25.5 Å². The lowest BCUT2D eigenvalue weighted by molar-refractivity contribution is 0.220. The summed E-state index contributed by atoms with van der Waals surface area (Å²) in [6.45, 7) is 11.1. The molecular weight excluding hydrogens is 711 g/mol. The van der Waals surface area contributed by atoms with Crippen LogP contribution in [0.3, 0.4) is 0 Å². The van der Waals surface area contributed by atoms with Crippen LogP contribution in [0.25, 0.3) is 55.6 Å². The second-order valence-electron chi connectivity index (χ2n) is 14.9. The quantitative estimate of drug-likeness (QED) is 0.192. The Labute approximate surface area is 322 Å². The molecule has 284 valence electrons. The standard InChI is InChI=1S/C22H23FN6.C20H19FN6/c1-3-28-8-6-15(7-9-28)20-12-17-18(23)10-16(11-21(17)26-25-20)19-4-5-22-24-14(2)13-29(22)27-19;1-12-11-27-20(23-12)3-2-17(26-27)14-8-16(21)15-10-18(24-25-19(15)9-14)13-4-6-22-7-5-13/h4-5,10-13,15H,3,6-9H2,1-2H3;2-3,8-11,13,22H,4-7H2,1H3. The van der Waals surface area contributed by atoms with Gasteiger partial charge in [0.15, 0.2) is 11.3 Å². The van der Waals surface area contributed by atoms with E-state index in [1.54, 1.807) is 9.03 Å². The first-order chi connectivity index (χ1) is 27.3. The van der Waals surface area contributed by atoms with Crippen LogP contribution in [0.2, 0.25) is 0 Å². The number of piperidine rings is 2. The molecule has 2 aliphatic rings. The van der Waals surface area contributed by atoms with E-state index >= 15 is 0 Å². The van der Waals surface area contributed by atoms with E-state index in [1.807, 2.05) is 74.8 Å². The lowest BCUT2D eigenvalue weighted by Gasteiger charge is -2.30. The molecule has 0 spiro atoms. The topological polar surface area (TPSA) is 127 Å². The molecule has 2 aliphatic heterocycles. The van der Waals surface area contributed by atoms with Gasteiger partial charge in [0.25, 0.3) is 0 Å². The largest absolute Gasteiger partial charge is 0.317 e. The summed E-state index contributed by atoms with van der Waals surface area (Å²) in [7, 11) is 0. The van der Waals surface area contributed by atoms with Crippen molar-refractivity contribution in [3.05, 3.63) is 107 Å². The summed E-state index contributed by atoms with van der Waals surface area (Å²) >= 11 is 0. The number of rotatable bonds is 5. The first-order valence-electron chi connectivity index (χ1n) is 19.3. The molecule has 0 bridgehead atoms. The van der Waals surface area contributed by atoms with Crippen LogP contribution in [-0.4, -0.2) is 87.2 Å². The summed E-state index contributed by atoms with van der Waals surface area (Å²) in [6.07, 6.45) is 7.81. The summed E-state index contributed by atoms with van der Waals surface area (Å²) in [5.74, 6) is 0.109. The predicted octanol–water partition coefficient (Wildman–Crippen LogP) is 7.24. The van der Waals surface area contributed by atoms with Gasteiger partial charge in [-0.05, 0) is 133 Å². The van der Waals surface area contributed by atoms with Crippen LogP contribution in [0.15, 0.2) is 73.1 Å². The van der Waals surface area contributed by atoms with E-state index in [0.717, 1.165) is 92.5 Å². The van der Waals surface area contributed by atoms with Crippen LogP contribution >= 0.6 is 0 Å². The van der Waals surface area contributed by atoms with Crippen LogP contribution in [0.5, 0.6) is 0 Å². The van der Waals surface area contributed by atoms with Crippen LogP contribution in [0.4, 0.5) is 8.78 Å². The highest BCUT2D eigenvalue weighted by Gasteiger charge is 2.23. The lowest BCUT2D eigenvalue weighted by atomic mass is 9.92. The van der Waals surface area contributed by atoms with E-state index in [4.69, 9.17) is 0 Å². The number of hydrogen-bond acceptors (Lipinski definition) is 10. The fourth-order valence-corrected chi connectivity index (χ4v) is 7.90. The molecule has 0 radical (unpaired) electrons. The SMILES string of the molecule is CCN1CCC(c2cc3c(F)cc(-c4ccc5nc(C)cn5n4)cc3nn2)CC1.Cc1cn2nc(-c3cc(F)c4cc(C5CCNCC5)nnc4c3)ccc2n1. The molecule has 56 heavy (non-hydrogen) atoms. The molecule has 0 unspecified atom stereocenters. The molecule has 0 aliphatic carbocycles. The summed E-state index contributed by atoms with van der Waals surface area (Å²) in [5.41, 5.74) is 8.90. The third-order valence-electron chi connectivity index (χ3n) is 11.0. The zero-order chi connectivity index (χ0) is 38.3. The van der Waals surface area contributed by atoms with Gasteiger partial charge in [-0.2, -0.15) is 30.6 Å². The molecule has 0 atom stereocenters. The molecule has 8 aromatic rings. The molecule has 0 amide bonds. The fourth-order valence-electron chi connectivity index (χ4n) is 7.90. The third-order valence-corrected chi connectivity index (χ3v) is 11.0. The Morgan fingerprint density at radius 3 is 1.59 bits per heavy atom. The van der Waals surface area contributed by atoms with Crippen LogP contribution in [-0.2, 0) is 0 Å². The Morgan fingerprint density at radius 1 is 0.625 bits per heavy atom. The maximum Gasteiger partial charge on any atom is 0.153 e. The van der Waals surface area contributed by atoms with Gasteiger partial charge in [-0.25, -0.2) is 27.8 Å². The van der Waals surface area contributed by atoms with Crippen molar-refractivity contribution in [1.82, 2.24) is 59.8 Å². The lowest BCUT2D eigenvalue weighted by Crippen LogP contribution is -2.32. The van der Waals surface area contributed by atoms with Gasteiger partial charge in [0.05, 0.1) is 57.6 Å². The van der Waals surface area contributed by atoms with Crippen LogP contribution < -0.4 is 5.32 Å². The molecule has 12 nitrogen and oxygen atoms in total. The molecule has 2 aromatic carbocycles. The first kappa shape index (κ1) is 35.8.